The molecule has 2 rings (SSSR count). The van der Waals surface area contributed by atoms with Crippen molar-refractivity contribution in [1.29, 1.82) is 0 Å². The van der Waals surface area contributed by atoms with Gasteiger partial charge in [0.2, 0.25) is 5.91 Å². The number of aliphatic hydroxyl groups excluding tert-OH is 2. The van der Waals surface area contributed by atoms with E-state index in [1.54, 1.807) is 4.90 Å². The molecule has 0 radical (unpaired) electrons. The largest absolute Gasteiger partial charge is 0.390 e. The van der Waals surface area contributed by atoms with Crippen LogP contribution in [0.1, 0.15) is 19.3 Å². The molecule has 0 aliphatic carbocycles. The van der Waals surface area contributed by atoms with Gasteiger partial charge in [-0.2, -0.15) is 0 Å². The number of nitrogens with zero attached hydrogens (tertiary/aromatic N) is 1. The number of rotatable bonds is 0. The summed E-state index contributed by atoms with van der Waals surface area (Å²) in [4.78, 5) is 13.0. The molecule has 0 aromatic rings. The highest BCUT2D eigenvalue weighted by Crippen LogP contribution is 2.27. The zero-order valence-electron chi connectivity index (χ0n) is 6.81. The Kier molecular flexibility index (Phi) is 1.81. The molecule has 2 saturated heterocycles. The molecule has 4 heteroatoms. The predicted octanol–water partition coefficient (Wildman–Crippen LogP) is -0.897. The SMILES string of the molecule is O=C1CC(O)C(O)C2CCCN12. The molecule has 0 bridgehead atoms. The minimum Gasteiger partial charge on any atom is -0.390 e. The summed E-state index contributed by atoms with van der Waals surface area (Å²) in [5.41, 5.74) is 0. The van der Waals surface area contributed by atoms with Crippen LogP contribution in [0.15, 0.2) is 0 Å². The van der Waals surface area contributed by atoms with Crippen LogP contribution in [0.3, 0.4) is 0 Å². The van der Waals surface area contributed by atoms with Gasteiger partial charge in [0.15, 0.2) is 0 Å². The lowest BCUT2D eigenvalue weighted by molar-refractivity contribution is -0.148. The van der Waals surface area contributed by atoms with Gasteiger partial charge in [0.1, 0.15) is 6.10 Å². The molecule has 0 saturated carbocycles. The quantitative estimate of drug-likeness (QED) is 0.496. The average molecular weight is 171 g/mol. The summed E-state index contributed by atoms with van der Waals surface area (Å²) in [6.07, 6.45) is 0.268. The number of carbonyl (C=O) groups excluding carboxylic acids is 1. The minimum absolute atomic E-state index is 0.0182. The Morgan fingerprint density at radius 1 is 1.42 bits per heavy atom. The summed E-state index contributed by atoms with van der Waals surface area (Å²) >= 11 is 0. The second-order valence-electron chi connectivity index (χ2n) is 3.56. The third-order valence-corrected chi connectivity index (χ3v) is 2.79. The maximum Gasteiger partial charge on any atom is 0.225 e. The Bertz CT molecular complexity index is 206. The summed E-state index contributed by atoms with van der Waals surface area (Å²) in [6.45, 7) is 0.743. The molecule has 12 heavy (non-hydrogen) atoms. The first-order valence-corrected chi connectivity index (χ1v) is 4.36. The van der Waals surface area contributed by atoms with E-state index in [9.17, 15) is 15.0 Å². The topological polar surface area (TPSA) is 60.8 Å². The van der Waals surface area contributed by atoms with E-state index in [0.717, 1.165) is 19.4 Å². The Morgan fingerprint density at radius 3 is 2.92 bits per heavy atom. The highest BCUT2D eigenvalue weighted by molar-refractivity contribution is 5.78. The standard InChI is InChI=1S/C8H13NO3/c10-6-4-7(11)9-3-1-2-5(9)8(6)12/h5-6,8,10,12H,1-4H2. The van der Waals surface area contributed by atoms with Gasteiger partial charge in [-0.25, -0.2) is 0 Å². The summed E-state index contributed by atoms with van der Waals surface area (Å²) in [7, 11) is 0. The maximum atomic E-state index is 11.3. The van der Waals surface area contributed by atoms with E-state index in [4.69, 9.17) is 0 Å². The van der Waals surface area contributed by atoms with E-state index in [1.807, 2.05) is 0 Å². The third-order valence-electron chi connectivity index (χ3n) is 2.79. The maximum absolute atomic E-state index is 11.3. The van der Waals surface area contributed by atoms with Crippen molar-refractivity contribution in [1.82, 2.24) is 4.90 Å². The van der Waals surface area contributed by atoms with Crippen molar-refractivity contribution < 1.29 is 15.0 Å². The normalized spacial score (nSPS) is 41.7. The summed E-state index contributed by atoms with van der Waals surface area (Å²) in [5.74, 6) is -0.0182. The van der Waals surface area contributed by atoms with Crippen LogP contribution in [0.25, 0.3) is 0 Å². The zero-order chi connectivity index (χ0) is 8.72. The Labute approximate surface area is 70.8 Å². The van der Waals surface area contributed by atoms with Gasteiger partial charge in [-0.3, -0.25) is 4.79 Å². The van der Waals surface area contributed by atoms with Crippen LogP contribution >= 0.6 is 0 Å². The third kappa shape index (κ3) is 1.03. The summed E-state index contributed by atoms with van der Waals surface area (Å²) in [6, 6.07) is -0.124. The lowest BCUT2D eigenvalue weighted by Gasteiger charge is -2.36. The Balaban J connectivity index is 2.17. The minimum atomic E-state index is -0.850. The molecule has 2 aliphatic rings. The van der Waals surface area contributed by atoms with Crippen molar-refractivity contribution in [2.45, 2.75) is 37.5 Å². The number of amides is 1. The van der Waals surface area contributed by atoms with E-state index in [2.05, 4.69) is 0 Å². The van der Waals surface area contributed by atoms with Gasteiger partial charge in [0.25, 0.3) is 0 Å². The zero-order valence-corrected chi connectivity index (χ0v) is 6.81. The number of aliphatic hydroxyl groups is 2. The van der Waals surface area contributed by atoms with Crippen molar-refractivity contribution in [3.8, 4) is 0 Å². The molecule has 0 aromatic carbocycles. The van der Waals surface area contributed by atoms with Gasteiger partial charge < -0.3 is 15.1 Å². The van der Waals surface area contributed by atoms with Gasteiger partial charge >= 0.3 is 0 Å². The van der Waals surface area contributed by atoms with Crippen LogP contribution < -0.4 is 0 Å². The molecule has 68 valence electrons. The molecule has 2 fully saturated rings. The second-order valence-corrected chi connectivity index (χ2v) is 3.56. The second kappa shape index (κ2) is 2.71. The van der Waals surface area contributed by atoms with Gasteiger partial charge in [0.05, 0.1) is 18.6 Å². The monoisotopic (exact) mass is 171 g/mol. The van der Waals surface area contributed by atoms with Crippen LogP contribution in [0, 0.1) is 0 Å². The first-order chi connectivity index (χ1) is 5.70. The van der Waals surface area contributed by atoms with Crippen LogP contribution in [-0.2, 0) is 4.79 Å². The van der Waals surface area contributed by atoms with E-state index >= 15 is 0 Å². The van der Waals surface area contributed by atoms with Gasteiger partial charge in [-0.05, 0) is 12.8 Å². The number of fused-ring (bicyclic) bond motifs is 1. The Morgan fingerprint density at radius 2 is 2.17 bits per heavy atom. The molecule has 3 unspecified atom stereocenters. The van der Waals surface area contributed by atoms with Crippen LogP contribution in [-0.4, -0.2) is 45.8 Å². The summed E-state index contributed by atoms with van der Waals surface area (Å²) in [5, 5.41) is 18.8. The van der Waals surface area contributed by atoms with E-state index in [1.165, 1.54) is 0 Å². The molecule has 0 spiro atoms. The van der Waals surface area contributed by atoms with Crippen molar-refractivity contribution in [2.24, 2.45) is 0 Å². The molecular formula is C8H13NO3. The number of piperidine rings is 1. The fraction of sp³-hybridized carbons (Fsp3) is 0.875. The van der Waals surface area contributed by atoms with Crippen LogP contribution in [0.2, 0.25) is 0 Å². The van der Waals surface area contributed by atoms with Gasteiger partial charge in [-0.1, -0.05) is 0 Å². The molecule has 2 aliphatic heterocycles. The van der Waals surface area contributed by atoms with Crippen LogP contribution in [0.4, 0.5) is 0 Å². The molecular weight excluding hydrogens is 158 g/mol. The van der Waals surface area contributed by atoms with Gasteiger partial charge in [-0.15, -0.1) is 0 Å². The van der Waals surface area contributed by atoms with E-state index in [0.29, 0.717) is 0 Å². The first kappa shape index (κ1) is 8.01. The molecule has 0 aromatic heterocycles. The smallest absolute Gasteiger partial charge is 0.225 e. The Hall–Kier alpha value is -0.610. The van der Waals surface area contributed by atoms with Crippen molar-refractivity contribution in [2.75, 3.05) is 6.54 Å². The molecule has 1 amide bonds. The number of hydrogen-bond acceptors (Lipinski definition) is 3. The lowest BCUT2D eigenvalue weighted by atomic mass is 9.96. The van der Waals surface area contributed by atoms with Crippen molar-refractivity contribution >= 4 is 5.91 Å². The average Bonchev–Trinajstić information content (AvgIpc) is 2.48. The van der Waals surface area contributed by atoms with Crippen molar-refractivity contribution in [3.05, 3.63) is 0 Å². The van der Waals surface area contributed by atoms with Crippen molar-refractivity contribution in [3.63, 3.8) is 0 Å². The molecule has 2 heterocycles. The molecule has 3 atom stereocenters. The predicted molar refractivity (Wildman–Crippen MR) is 41.4 cm³/mol. The van der Waals surface area contributed by atoms with E-state index < -0.39 is 12.2 Å². The van der Waals surface area contributed by atoms with Crippen LogP contribution in [0.5, 0.6) is 0 Å². The fourth-order valence-corrected chi connectivity index (χ4v) is 2.13. The summed E-state index contributed by atoms with van der Waals surface area (Å²) < 4.78 is 0. The first-order valence-electron chi connectivity index (χ1n) is 4.36. The lowest BCUT2D eigenvalue weighted by Crippen LogP contribution is -2.54. The fourth-order valence-electron chi connectivity index (χ4n) is 2.13. The van der Waals surface area contributed by atoms with Gasteiger partial charge in [0, 0.05) is 6.54 Å². The molecule has 4 nitrogen and oxygen atoms in total. The van der Waals surface area contributed by atoms with E-state index in [-0.39, 0.29) is 18.4 Å². The highest BCUT2D eigenvalue weighted by atomic mass is 16.3. The highest BCUT2D eigenvalue weighted by Gasteiger charge is 2.42. The molecule has 2 N–H and O–H groups in total. The number of carbonyl (C=O) groups is 1. The number of hydrogen-bond donors (Lipinski definition) is 2.